The molecule has 0 N–H and O–H groups in total. The van der Waals surface area contributed by atoms with Crippen LogP contribution >= 0.6 is 11.3 Å². The van der Waals surface area contributed by atoms with Gasteiger partial charge >= 0.3 is 0 Å². The van der Waals surface area contributed by atoms with Crippen molar-refractivity contribution in [1.29, 1.82) is 5.26 Å². The first-order chi connectivity index (χ1) is 6.60. The number of anilines is 1. The van der Waals surface area contributed by atoms with Crippen LogP contribution in [0.5, 0.6) is 5.88 Å². The largest absolute Gasteiger partial charge is 0.480 e. The molecule has 76 valence electrons. The van der Waals surface area contributed by atoms with Crippen molar-refractivity contribution in [2.45, 2.75) is 12.8 Å². The number of aromatic nitrogens is 1. The van der Waals surface area contributed by atoms with Gasteiger partial charge in [-0.15, -0.1) is 0 Å². The van der Waals surface area contributed by atoms with Crippen LogP contribution in [0.1, 0.15) is 17.7 Å². The smallest absolute Gasteiger partial charge is 0.230 e. The van der Waals surface area contributed by atoms with Crippen molar-refractivity contribution in [2.75, 3.05) is 26.1 Å². The molecular weight excluding hydrogens is 198 g/mol. The molecule has 1 aromatic rings. The molecule has 0 amide bonds. The zero-order chi connectivity index (χ0) is 10.7. The molecule has 1 atom stereocenters. The van der Waals surface area contributed by atoms with E-state index in [-0.39, 0.29) is 5.92 Å². The third-order valence-corrected chi connectivity index (χ3v) is 3.16. The van der Waals surface area contributed by atoms with Crippen LogP contribution in [0.2, 0.25) is 0 Å². The fraction of sp³-hybridized carbons (Fsp3) is 0.556. The minimum absolute atomic E-state index is 0.170. The van der Waals surface area contributed by atoms with E-state index in [1.54, 1.807) is 7.11 Å². The molecule has 0 fully saturated rings. The number of rotatable bonds is 3. The molecule has 4 nitrogen and oxygen atoms in total. The van der Waals surface area contributed by atoms with Crippen LogP contribution in [0.25, 0.3) is 0 Å². The van der Waals surface area contributed by atoms with Gasteiger partial charge in [-0.05, 0) is 6.92 Å². The molecule has 0 saturated carbocycles. The van der Waals surface area contributed by atoms with Crippen LogP contribution < -0.4 is 9.64 Å². The molecule has 1 aromatic heterocycles. The summed E-state index contributed by atoms with van der Waals surface area (Å²) in [4.78, 5) is 7.06. The fourth-order valence-electron chi connectivity index (χ4n) is 0.977. The van der Waals surface area contributed by atoms with E-state index in [1.165, 1.54) is 11.3 Å². The van der Waals surface area contributed by atoms with Gasteiger partial charge in [0.15, 0.2) is 5.13 Å². The Morgan fingerprint density at radius 2 is 2.21 bits per heavy atom. The van der Waals surface area contributed by atoms with E-state index >= 15 is 0 Å². The Labute approximate surface area is 87.7 Å². The molecule has 0 radical (unpaired) electrons. The second kappa shape index (κ2) is 4.29. The van der Waals surface area contributed by atoms with Crippen molar-refractivity contribution in [1.82, 2.24) is 4.98 Å². The second-order valence-electron chi connectivity index (χ2n) is 3.12. The van der Waals surface area contributed by atoms with Gasteiger partial charge in [-0.3, -0.25) is 0 Å². The number of methoxy groups -OCH3 is 1. The summed E-state index contributed by atoms with van der Waals surface area (Å²) in [6.07, 6.45) is 0. The lowest BCUT2D eigenvalue weighted by atomic mass is 10.2. The normalized spacial score (nSPS) is 11.9. The molecule has 0 bridgehead atoms. The van der Waals surface area contributed by atoms with Gasteiger partial charge in [0.2, 0.25) is 5.88 Å². The van der Waals surface area contributed by atoms with E-state index < -0.39 is 0 Å². The highest BCUT2D eigenvalue weighted by Gasteiger charge is 2.18. The summed E-state index contributed by atoms with van der Waals surface area (Å²) < 4.78 is 5.12. The molecule has 0 aliphatic carbocycles. The highest BCUT2D eigenvalue weighted by atomic mass is 32.1. The van der Waals surface area contributed by atoms with Gasteiger partial charge in [0.05, 0.1) is 24.0 Å². The maximum Gasteiger partial charge on any atom is 0.230 e. The first-order valence-corrected chi connectivity index (χ1v) is 5.03. The third kappa shape index (κ3) is 1.96. The van der Waals surface area contributed by atoms with Crippen LogP contribution in [0.4, 0.5) is 5.13 Å². The standard InChI is InChI=1S/C9H13N3OS/c1-6(5-10)7-8(13-4)11-9(14-7)12(2)3/h6H,1-4H3. The number of hydrogen-bond donors (Lipinski definition) is 0. The van der Waals surface area contributed by atoms with Crippen LogP contribution in [0.3, 0.4) is 0 Å². The van der Waals surface area contributed by atoms with Gasteiger partial charge in [-0.2, -0.15) is 10.2 Å². The van der Waals surface area contributed by atoms with Gasteiger partial charge in [-0.1, -0.05) is 11.3 Å². The Bertz CT molecular complexity index is 353. The Hall–Kier alpha value is -1.28. The summed E-state index contributed by atoms with van der Waals surface area (Å²) in [6, 6.07) is 2.18. The van der Waals surface area contributed by atoms with Crippen LogP contribution in [0, 0.1) is 11.3 Å². The van der Waals surface area contributed by atoms with E-state index in [0.29, 0.717) is 5.88 Å². The van der Waals surface area contributed by atoms with E-state index in [0.717, 1.165) is 10.0 Å². The lowest BCUT2D eigenvalue weighted by Crippen LogP contribution is -2.07. The summed E-state index contributed by atoms with van der Waals surface area (Å²) in [5.41, 5.74) is 0. The minimum atomic E-state index is -0.170. The van der Waals surface area contributed by atoms with Crippen molar-refractivity contribution in [3.63, 3.8) is 0 Å². The summed E-state index contributed by atoms with van der Waals surface area (Å²) in [5, 5.41) is 9.68. The summed E-state index contributed by atoms with van der Waals surface area (Å²) in [5.74, 6) is 0.392. The first-order valence-electron chi connectivity index (χ1n) is 4.21. The molecule has 1 unspecified atom stereocenters. The zero-order valence-corrected chi connectivity index (χ0v) is 9.55. The summed E-state index contributed by atoms with van der Waals surface area (Å²) >= 11 is 1.49. The highest BCUT2D eigenvalue weighted by Crippen LogP contribution is 2.35. The number of thiazole rings is 1. The maximum absolute atomic E-state index is 8.82. The topological polar surface area (TPSA) is 49.1 Å². The molecule has 14 heavy (non-hydrogen) atoms. The van der Waals surface area contributed by atoms with Crippen LogP contribution in [-0.2, 0) is 0 Å². The van der Waals surface area contributed by atoms with Crippen LogP contribution in [-0.4, -0.2) is 26.2 Å². The average Bonchev–Trinajstić information content (AvgIpc) is 2.60. The number of ether oxygens (including phenoxy) is 1. The lowest BCUT2D eigenvalue weighted by molar-refractivity contribution is 0.396. The molecule has 5 heteroatoms. The van der Waals surface area contributed by atoms with Gasteiger partial charge < -0.3 is 9.64 Å². The van der Waals surface area contributed by atoms with Gasteiger partial charge in [-0.25, -0.2) is 0 Å². The van der Waals surface area contributed by atoms with Crippen molar-refractivity contribution in [2.24, 2.45) is 0 Å². The first kappa shape index (κ1) is 10.8. The molecule has 0 saturated heterocycles. The monoisotopic (exact) mass is 211 g/mol. The molecule has 0 aliphatic rings. The van der Waals surface area contributed by atoms with Crippen molar-refractivity contribution in [3.05, 3.63) is 4.88 Å². The van der Waals surface area contributed by atoms with Crippen molar-refractivity contribution in [3.8, 4) is 11.9 Å². The maximum atomic E-state index is 8.82. The predicted octanol–water partition coefficient (Wildman–Crippen LogP) is 1.84. The van der Waals surface area contributed by atoms with Crippen molar-refractivity contribution >= 4 is 16.5 Å². The van der Waals surface area contributed by atoms with Gasteiger partial charge in [0, 0.05) is 14.1 Å². The second-order valence-corrected chi connectivity index (χ2v) is 4.12. The quantitative estimate of drug-likeness (QED) is 0.765. The summed E-state index contributed by atoms with van der Waals surface area (Å²) in [6.45, 7) is 1.84. The highest BCUT2D eigenvalue weighted by molar-refractivity contribution is 7.16. The van der Waals surface area contributed by atoms with E-state index in [4.69, 9.17) is 10.00 Å². The van der Waals surface area contributed by atoms with Gasteiger partial charge in [0.25, 0.3) is 0 Å². The third-order valence-electron chi connectivity index (χ3n) is 1.77. The number of nitrogens with zero attached hydrogens (tertiary/aromatic N) is 3. The number of hydrogen-bond acceptors (Lipinski definition) is 5. The molecule has 0 aliphatic heterocycles. The Balaban J connectivity index is 3.10. The van der Waals surface area contributed by atoms with Crippen molar-refractivity contribution < 1.29 is 4.74 Å². The Morgan fingerprint density at radius 1 is 1.57 bits per heavy atom. The average molecular weight is 211 g/mol. The van der Waals surface area contributed by atoms with E-state index in [1.807, 2.05) is 25.9 Å². The zero-order valence-electron chi connectivity index (χ0n) is 8.74. The Morgan fingerprint density at radius 3 is 2.64 bits per heavy atom. The molecule has 1 heterocycles. The molecule has 0 spiro atoms. The fourth-order valence-corrected chi connectivity index (χ4v) is 1.93. The molecule has 0 aromatic carbocycles. The number of nitriles is 1. The van der Waals surface area contributed by atoms with Crippen LogP contribution in [0.15, 0.2) is 0 Å². The minimum Gasteiger partial charge on any atom is -0.480 e. The lowest BCUT2D eigenvalue weighted by Gasteiger charge is -2.04. The van der Waals surface area contributed by atoms with E-state index in [2.05, 4.69) is 11.1 Å². The molecule has 1 rings (SSSR count). The van der Waals surface area contributed by atoms with E-state index in [9.17, 15) is 0 Å². The van der Waals surface area contributed by atoms with Gasteiger partial charge in [0.1, 0.15) is 0 Å². The predicted molar refractivity (Wildman–Crippen MR) is 57.0 cm³/mol. The molecular formula is C9H13N3OS. The Kier molecular flexibility index (Phi) is 3.31. The SMILES string of the molecule is COc1nc(N(C)C)sc1C(C)C#N. The summed E-state index contributed by atoms with van der Waals surface area (Å²) in [7, 11) is 5.40.